The van der Waals surface area contributed by atoms with Gasteiger partial charge in [-0.15, -0.1) is 0 Å². The van der Waals surface area contributed by atoms with Crippen molar-refractivity contribution in [2.45, 2.75) is 39.8 Å². The van der Waals surface area contributed by atoms with E-state index in [0.717, 1.165) is 24.3 Å². The normalized spacial score (nSPS) is 11.6. The highest BCUT2D eigenvalue weighted by molar-refractivity contribution is 5.79. The number of imidazole rings is 1. The van der Waals surface area contributed by atoms with Crippen LogP contribution < -0.4 is 5.32 Å². The lowest BCUT2D eigenvalue weighted by atomic mass is 10.1. The van der Waals surface area contributed by atoms with E-state index in [4.69, 9.17) is 4.98 Å². The molecule has 0 bridgehead atoms. The number of aromatic nitrogens is 2. The first kappa shape index (κ1) is 12.1. The van der Waals surface area contributed by atoms with Gasteiger partial charge in [0.05, 0.1) is 17.6 Å². The molecule has 3 nitrogen and oxygen atoms in total. The lowest BCUT2D eigenvalue weighted by Gasteiger charge is -2.07. The number of para-hydroxylation sites is 1. The number of hydrogen-bond donors (Lipinski definition) is 1. The van der Waals surface area contributed by atoms with E-state index >= 15 is 0 Å². The molecule has 92 valence electrons. The molecule has 17 heavy (non-hydrogen) atoms. The number of hydrogen-bond acceptors (Lipinski definition) is 2. The Hall–Kier alpha value is -1.35. The fourth-order valence-corrected chi connectivity index (χ4v) is 2.06. The Kier molecular flexibility index (Phi) is 3.48. The van der Waals surface area contributed by atoms with Gasteiger partial charge in [0.2, 0.25) is 0 Å². The summed E-state index contributed by atoms with van der Waals surface area (Å²) in [4.78, 5) is 4.76. The molecule has 1 aromatic carbocycles. The fraction of sp³-hybridized carbons (Fsp3) is 0.500. The smallest absolute Gasteiger partial charge is 0.123 e. The van der Waals surface area contributed by atoms with E-state index in [2.05, 4.69) is 55.9 Å². The molecule has 3 heteroatoms. The minimum Gasteiger partial charge on any atom is -0.330 e. The molecular formula is C14H21N3. The van der Waals surface area contributed by atoms with Crippen molar-refractivity contribution in [3.63, 3.8) is 0 Å². The van der Waals surface area contributed by atoms with Crippen LogP contribution in [0, 0.1) is 0 Å². The summed E-state index contributed by atoms with van der Waals surface area (Å²) in [7, 11) is 2.09. The Labute approximate surface area is 103 Å². The predicted octanol–water partition coefficient (Wildman–Crippen LogP) is 2.63. The summed E-state index contributed by atoms with van der Waals surface area (Å²) in [5, 5.41) is 3.42. The monoisotopic (exact) mass is 231 g/mol. The standard InChI is InChI=1S/C14H21N3/c1-5-11-7-6-8-12-14(11)16-13(17(12)4)9-15-10(2)3/h6-8,10,15H,5,9H2,1-4H3. The topological polar surface area (TPSA) is 29.9 Å². The first-order valence-electron chi connectivity index (χ1n) is 6.30. The van der Waals surface area contributed by atoms with Gasteiger partial charge < -0.3 is 9.88 Å². The molecule has 1 aromatic heterocycles. The van der Waals surface area contributed by atoms with E-state index in [1.165, 1.54) is 11.1 Å². The Morgan fingerprint density at radius 2 is 2.12 bits per heavy atom. The maximum absolute atomic E-state index is 4.76. The quantitative estimate of drug-likeness (QED) is 0.876. The van der Waals surface area contributed by atoms with Gasteiger partial charge in [0.15, 0.2) is 0 Å². The van der Waals surface area contributed by atoms with Gasteiger partial charge in [-0.3, -0.25) is 0 Å². The van der Waals surface area contributed by atoms with E-state index < -0.39 is 0 Å². The minimum atomic E-state index is 0.487. The van der Waals surface area contributed by atoms with Crippen molar-refractivity contribution in [3.05, 3.63) is 29.6 Å². The van der Waals surface area contributed by atoms with Gasteiger partial charge in [-0.1, -0.05) is 32.9 Å². The number of nitrogens with zero attached hydrogens (tertiary/aromatic N) is 2. The van der Waals surface area contributed by atoms with Crippen molar-refractivity contribution < 1.29 is 0 Å². The van der Waals surface area contributed by atoms with E-state index in [1.807, 2.05) is 0 Å². The Morgan fingerprint density at radius 3 is 2.76 bits per heavy atom. The van der Waals surface area contributed by atoms with Gasteiger partial charge in [0.25, 0.3) is 0 Å². The summed E-state index contributed by atoms with van der Waals surface area (Å²) in [5.74, 6) is 1.11. The van der Waals surface area contributed by atoms with E-state index in [9.17, 15) is 0 Å². The molecule has 2 rings (SSSR count). The van der Waals surface area contributed by atoms with E-state index in [1.54, 1.807) is 0 Å². The number of benzene rings is 1. The van der Waals surface area contributed by atoms with E-state index in [-0.39, 0.29) is 0 Å². The second kappa shape index (κ2) is 4.88. The first-order chi connectivity index (χ1) is 8.13. The van der Waals surface area contributed by atoms with Crippen molar-refractivity contribution in [1.82, 2.24) is 14.9 Å². The number of rotatable bonds is 4. The number of aryl methyl sites for hydroxylation is 2. The molecule has 0 atom stereocenters. The third-order valence-corrected chi connectivity index (χ3v) is 3.14. The van der Waals surface area contributed by atoms with Crippen molar-refractivity contribution in [3.8, 4) is 0 Å². The van der Waals surface area contributed by atoms with Crippen LogP contribution in [-0.2, 0) is 20.0 Å². The molecule has 0 aliphatic rings. The van der Waals surface area contributed by atoms with Crippen LogP contribution in [0.4, 0.5) is 0 Å². The van der Waals surface area contributed by atoms with Gasteiger partial charge >= 0.3 is 0 Å². The summed E-state index contributed by atoms with van der Waals surface area (Å²) in [6.45, 7) is 7.31. The van der Waals surface area contributed by atoms with Crippen LogP contribution in [0.2, 0.25) is 0 Å². The SMILES string of the molecule is CCc1cccc2c1nc(CNC(C)C)n2C. The molecule has 0 saturated carbocycles. The number of fused-ring (bicyclic) bond motifs is 1. The van der Waals surface area contributed by atoms with Crippen molar-refractivity contribution in [1.29, 1.82) is 0 Å². The molecule has 2 aromatic rings. The van der Waals surface area contributed by atoms with Gasteiger partial charge in [-0.05, 0) is 18.1 Å². The van der Waals surface area contributed by atoms with Crippen molar-refractivity contribution in [2.75, 3.05) is 0 Å². The van der Waals surface area contributed by atoms with Crippen LogP contribution in [-0.4, -0.2) is 15.6 Å². The Bertz CT molecular complexity index is 511. The van der Waals surface area contributed by atoms with Gasteiger partial charge in [0, 0.05) is 13.1 Å². The molecule has 1 heterocycles. The first-order valence-corrected chi connectivity index (χ1v) is 6.30. The fourth-order valence-electron chi connectivity index (χ4n) is 2.06. The Morgan fingerprint density at radius 1 is 1.35 bits per heavy atom. The minimum absolute atomic E-state index is 0.487. The molecule has 0 unspecified atom stereocenters. The summed E-state index contributed by atoms with van der Waals surface area (Å²) in [6, 6.07) is 6.90. The summed E-state index contributed by atoms with van der Waals surface area (Å²) >= 11 is 0. The summed E-state index contributed by atoms with van der Waals surface area (Å²) < 4.78 is 2.18. The van der Waals surface area contributed by atoms with Gasteiger partial charge in [-0.2, -0.15) is 0 Å². The second-order valence-electron chi connectivity index (χ2n) is 4.76. The zero-order valence-electron chi connectivity index (χ0n) is 11.1. The lowest BCUT2D eigenvalue weighted by Crippen LogP contribution is -2.23. The Balaban J connectivity index is 2.41. The third-order valence-electron chi connectivity index (χ3n) is 3.14. The third kappa shape index (κ3) is 2.34. The molecular weight excluding hydrogens is 210 g/mol. The van der Waals surface area contributed by atoms with Gasteiger partial charge in [0.1, 0.15) is 5.82 Å². The molecule has 0 amide bonds. The highest BCUT2D eigenvalue weighted by atomic mass is 15.1. The van der Waals surface area contributed by atoms with Crippen molar-refractivity contribution >= 4 is 11.0 Å². The molecule has 0 aliphatic heterocycles. The van der Waals surface area contributed by atoms with Crippen LogP contribution in [0.3, 0.4) is 0 Å². The van der Waals surface area contributed by atoms with Crippen LogP contribution in [0.1, 0.15) is 32.2 Å². The highest BCUT2D eigenvalue weighted by Gasteiger charge is 2.10. The lowest BCUT2D eigenvalue weighted by molar-refractivity contribution is 0.563. The van der Waals surface area contributed by atoms with E-state index in [0.29, 0.717) is 6.04 Å². The van der Waals surface area contributed by atoms with Gasteiger partial charge in [-0.25, -0.2) is 4.98 Å². The predicted molar refractivity (Wildman–Crippen MR) is 72.1 cm³/mol. The molecule has 0 radical (unpaired) electrons. The molecule has 0 saturated heterocycles. The average Bonchev–Trinajstić information content (AvgIpc) is 2.64. The van der Waals surface area contributed by atoms with Crippen molar-refractivity contribution in [2.24, 2.45) is 7.05 Å². The number of nitrogens with one attached hydrogen (secondary N) is 1. The zero-order valence-corrected chi connectivity index (χ0v) is 11.1. The summed E-state index contributed by atoms with van der Waals surface area (Å²) in [6.07, 6.45) is 1.03. The maximum atomic E-state index is 4.76. The maximum Gasteiger partial charge on any atom is 0.123 e. The zero-order chi connectivity index (χ0) is 12.4. The average molecular weight is 231 g/mol. The molecule has 0 aliphatic carbocycles. The van der Waals surface area contributed by atoms with Crippen LogP contribution in [0.5, 0.6) is 0 Å². The molecule has 1 N–H and O–H groups in total. The molecule has 0 fully saturated rings. The second-order valence-corrected chi connectivity index (χ2v) is 4.76. The summed E-state index contributed by atoms with van der Waals surface area (Å²) in [5.41, 5.74) is 3.71. The van der Waals surface area contributed by atoms with Crippen LogP contribution >= 0.6 is 0 Å². The largest absolute Gasteiger partial charge is 0.330 e. The molecule has 0 spiro atoms. The van der Waals surface area contributed by atoms with Crippen LogP contribution in [0.25, 0.3) is 11.0 Å². The highest BCUT2D eigenvalue weighted by Crippen LogP contribution is 2.19. The van der Waals surface area contributed by atoms with Crippen LogP contribution in [0.15, 0.2) is 18.2 Å².